The second-order valence-electron chi connectivity index (χ2n) is 7.73. The molecule has 2 aliphatic rings. The number of amidine groups is 1. The zero-order valence-corrected chi connectivity index (χ0v) is 19.0. The van der Waals surface area contributed by atoms with Gasteiger partial charge in [0.1, 0.15) is 5.84 Å². The first-order valence-electron chi connectivity index (χ1n) is 10.4. The van der Waals surface area contributed by atoms with Gasteiger partial charge in [0.25, 0.3) is 17.7 Å². The monoisotopic (exact) mass is 478 g/mol. The van der Waals surface area contributed by atoms with Gasteiger partial charge < -0.3 is 10.6 Å². The van der Waals surface area contributed by atoms with Crippen LogP contribution < -0.4 is 10.6 Å². The normalized spacial score (nSPS) is 14.8. The summed E-state index contributed by atoms with van der Waals surface area (Å²) >= 11 is 7.06. The standard InChI is InChI=1S/C24H19ClN4O3S/c25-19-9-8-18(33-19)22(30)28-17-3-1-2-16-21(17)24(32)29(23(16)31)13-15-6-4-14(5-7-15)12-20-26-10-11-27-20/h1-9H,10-13H2,(H,26,27)(H,28,30). The first-order valence-corrected chi connectivity index (χ1v) is 11.6. The minimum absolute atomic E-state index is 0.153. The van der Waals surface area contributed by atoms with Crippen LogP contribution in [-0.4, -0.2) is 41.5 Å². The molecule has 7 nitrogen and oxygen atoms in total. The molecule has 0 atom stereocenters. The van der Waals surface area contributed by atoms with Gasteiger partial charge >= 0.3 is 0 Å². The summed E-state index contributed by atoms with van der Waals surface area (Å²) in [5.74, 6) is -0.207. The number of hydrogen-bond acceptors (Lipinski definition) is 6. The summed E-state index contributed by atoms with van der Waals surface area (Å²) in [6.45, 7) is 1.83. The molecule has 3 heterocycles. The van der Waals surface area contributed by atoms with Gasteiger partial charge in [-0.2, -0.15) is 0 Å². The third-order valence-electron chi connectivity index (χ3n) is 5.52. The third-order valence-corrected chi connectivity index (χ3v) is 6.75. The summed E-state index contributed by atoms with van der Waals surface area (Å²) in [5, 5.41) is 5.99. The fourth-order valence-electron chi connectivity index (χ4n) is 3.91. The third kappa shape index (κ3) is 4.27. The maximum atomic E-state index is 13.2. The Balaban J connectivity index is 1.33. The van der Waals surface area contributed by atoms with Crippen LogP contribution in [0.2, 0.25) is 4.34 Å². The molecule has 0 spiro atoms. The van der Waals surface area contributed by atoms with Crippen molar-refractivity contribution in [3.05, 3.63) is 86.1 Å². The molecule has 0 saturated carbocycles. The summed E-state index contributed by atoms with van der Waals surface area (Å²) in [7, 11) is 0. The molecular weight excluding hydrogens is 460 g/mol. The molecule has 3 amide bonds. The fraction of sp³-hybridized carbons (Fsp3) is 0.167. The number of nitrogens with zero attached hydrogens (tertiary/aromatic N) is 2. The highest BCUT2D eigenvalue weighted by atomic mass is 35.5. The maximum Gasteiger partial charge on any atom is 0.265 e. The molecule has 0 fully saturated rings. The van der Waals surface area contributed by atoms with Gasteiger partial charge in [-0.05, 0) is 35.4 Å². The minimum atomic E-state index is -0.427. The lowest BCUT2D eigenvalue weighted by Crippen LogP contribution is -2.29. The number of hydrogen-bond donors (Lipinski definition) is 2. The predicted octanol–water partition coefficient (Wildman–Crippen LogP) is 3.99. The predicted molar refractivity (Wildman–Crippen MR) is 128 cm³/mol. The highest BCUT2D eigenvalue weighted by Gasteiger charge is 2.37. The Morgan fingerprint density at radius 1 is 1.06 bits per heavy atom. The molecule has 2 N–H and O–H groups in total. The van der Waals surface area contributed by atoms with Gasteiger partial charge in [0.05, 0.1) is 39.1 Å². The van der Waals surface area contributed by atoms with E-state index >= 15 is 0 Å². The van der Waals surface area contributed by atoms with Gasteiger partial charge in [0.15, 0.2) is 0 Å². The van der Waals surface area contributed by atoms with Crippen LogP contribution in [0.5, 0.6) is 0 Å². The number of aliphatic imine (C=N–C) groups is 1. The number of rotatable bonds is 6. The Hall–Kier alpha value is -3.49. The van der Waals surface area contributed by atoms with E-state index in [0.29, 0.717) is 14.9 Å². The fourth-order valence-corrected chi connectivity index (χ4v) is 4.84. The average molecular weight is 479 g/mol. The molecule has 0 unspecified atom stereocenters. The highest BCUT2D eigenvalue weighted by molar-refractivity contribution is 7.18. The second-order valence-corrected chi connectivity index (χ2v) is 9.45. The largest absolute Gasteiger partial charge is 0.372 e. The second kappa shape index (κ2) is 8.80. The van der Waals surface area contributed by atoms with Gasteiger partial charge in [0, 0.05) is 13.0 Å². The van der Waals surface area contributed by atoms with E-state index in [2.05, 4.69) is 15.6 Å². The molecule has 0 aliphatic carbocycles. The van der Waals surface area contributed by atoms with Crippen molar-refractivity contribution in [2.75, 3.05) is 18.4 Å². The Morgan fingerprint density at radius 2 is 1.85 bits per heavy atom. The van der Waals surface area contributed by atoms with Crippen LogP contribution in [0.15, 0.2) is 59.6 Å². The van der Waals surface area contributed by atoms with E-state index in [1.807, 2.05) is 24.3 Å². The number of halogens is 1. The van der Waals surface area contributed by atoms with Crippen LogP contribution in [0.1, 0.15) is 41.5 Å². The molecule has 0 saturated heterocycles. The number of anilines is 1. The van der Waals surface area contributed by atoms with Crippen molar-refractivity contribution in [2.45, 2.75) is 13.0 Å². The van der Waals surface area contributed by atoms with E-state index in [9.17, 15) is 14.4 Å². The summed E-state index contributed by atoms with van der Waals surface area (Å²) in [5.41, 5.74) is 2.74. The maximum absolute atomic E-state index is 13.2. The van der Waals surface area contributed by atoms with Crippen molar-refractivity contribution in [1.29, 1.82) is 0 Å². The Bertz CT molecular complexity index is 1300. The number of carbonyl (C=O) groups is 3. The number of benzene rings is 2. The van der Waals surface area contributed by atoms with Gasteiger partial charge in [-0.15, -0.1) is 11.3 Å². The molecule has 3 aromatic rings. The van der Waals surface area contributed by atoms with E-state index in [4.69, 9.17) is 11.6 Å². The quantitative estimate of drug-likeness (QED) is 0.524. The summed E-state index contributed by atoms with van der Waals surface area (Å²) in [6, 6.07) is 15.9. The molecule has 2 aromatic carbocycles. The zero-order valence-electron chi connectivity index (χ0n) is 17.4. The smallest absolute Gasteiger partial charge is 0.265 e. The number of amides is 3. The van der Waals surface area contributed by atoms with Crippen LogP contribution in [0, 0.1) is 0 Å². The lowest BCUT2D eigenvalue weighted by atomic mass is 10.1. The van der Waals surface area contributed by atoms with Crippen molar-refractivity contribution >= 4 is 52.2 Å². The summed E-state index contributed by atoms with van der Waals surface area (Å²) in [6.07, 6.45) is 0.728. The first-order chi connectivity index (χ1) is 16.0. The SMILES string of the molecule is O=C(Nc1cccc2c1C(=O)N(Cc1ccc(CC3=NCCN3)cc1)C2=O)c1ccc(Cl)s1. The Labute approximate surface area is 199 Å². The van der Waals surface area contributed by atoms with Gasteiger partial charge in [-0.1, -0.05) is 41.9 Å². The van der Waals surface area contributed by atoms with Gasteiger partial charge in [0.2, 0.25) is 0 Å². The van der Waals surface area contributed by atoms with Crippen molar-refractivity contribution in [1.82, 2.24) is 10.2 Å². The number of imide groups is 1. The number of nitrogens with one attached hydrogen (secondary N) is 2. The van der Waals surface area contributed by atoms with E-state index in [-0.39, 0.29) is 29.5 Å². The van der Waals surface area contributed by atoms with E-state index in [1.165, 1.54) is 4.90 Å². The molecule has 2 aliphatic heterocycles. The van der Waals surface area contributed by atoms with Crippen molar-refractivity contribution in [2.24, 2.45) is 4.99 Å². The molecule has 1 aromatic heterocycles. The highest BCUT2D eigenvalue weighted by Crippen LogP contribution is 2.31. The van der Waals surface area contributed by atoms with Crippen LogP contribution in [0.4, 0.5) is 5.69 Å². The first kappa shape index (κ1) is 21.4. The van der Waals surface area contributed by atoms with Gasteiger partial charge in [-0.25, -0.2) is 0 Å². The van der Waals surface area contributed by atoms with E-state index in [0.717, 1.165) is 47.8 Å². The van der Waals surface area contributed by atoms with Crippen molar-refractivity contribution in [3.8, 4) is 0 Å². The number of fused-ring (bicyclic) bond motifs is 1. The summed E-state index contributed by atoms with van der Waals surface area (Å²) < 4.78 is 0.495. The summed E-state index contributed by atoms with van der Waals surface area (Å²) in [4.78, 5) is 44.7. The molecule has 33 heavy (non-hydrogen) atoms. The van der Waals surface area contributed by atoms with Crippen LogP contribution >= 0.6 is 22.9 Å². The van der Waals surface area contributed by atoms with Crippen LogP contribution in [0.25, 0.3) is 0 Å². The average Bonchev–Trinajstić information content (AvgIpc) is 3.53. The molecule has 0 bridgehead atoms. The molecule has 9 heteroatoms. The van der Waals surface area contributed by atoms with Crippen molar-refractivity contribution < 1.29 is 14.4 Å². The van der Waals surface area contributed by atoms with Gasteiger partial charge in [-0.3, -0.25) is 24.3 Å². The van der Waals surface area contributed by atoms with E-state index in [1.54, 1.807) is 30.3 Å². The topological polar surface area (TPSA) is 90.9 Å². The van der Waals surface area contributed by atoms with E-state index < -0.39 is 5.91 Å². The molecule has 166 valence electrons. The number of carbonyl (C=O) groups excluding carboxylic acids is 3. The molecule has 0 radical (unpaired) electrons. The lowest BCUT2D eigenvalue weighted by Gasteiger charge is -2.14. The Morgan fingerprint density at radius 3 is 2.55 bits per heavy atom. The zero-order chi connectivity index (χ0) is 22.9. The molecule has 5 rings (SSSR count). The number of thiophene rings is 1. The molecular formula is C24H19ClN4O3S. The minimum Gasteiger partial charge on any atom is -0.372 e. The van der Waals surface area contributed by atoms with Crippen LogP contribution in [-0.2, 0) is 13.0 Å². The van der Waals surface area contributed by atoms with Crippen molar-refractivity contribution in [3.63, 3.8) is 0 Å². The van der Waals surface area contributed by atoms with Crippen LogP contribution in [0.3, 0.4) is 0 Å². The Kier molecular flexibility index (Phi) is 5.70. The lowest BCUT2D eigenvalue weighted by molar-refractivity contribution is 0.0642.